The van der Waals surface area contributed by atoms with Gasteiger partial charge in [-0.05, 0) is 19.1 Å². The monoisotopic (exact) mass is 287 g/mol. The number of para-hydroxylation sites is 1. The van der Waals surface area contributed by atoms with Gasteiger partial charge in [-0.3, -0.25) is 13.9 Å². The zero-order valence-electron chi connectivity index (χ0n) is 11.1. The van der Waals surface area contributed by atoms with Crippen LogP contribution in [-0.4, -0.2) is 14.1 Å². The van der Waals surface area contributed by atoms with Gasteiger partial charge in [-0.2, -0.15) is 5.10 Å². The van der Waals surface area contributed by atoms with E-state index in [1.165, 1.54) is 15.9 Å². The molecule has 0 aliphatic rings. The molecule has 2 aromatic heterocycles. The minimum absolute atomic E-state index is 0.0860. The van der Waals surface area contributed by atoms with Crippen molar-refractivity contribution in [2.24, 2.45) is 18.0 Å². The normalized spacial score (nSPS) is 12.2. The average Bonchev–Trinajstić information content (AvgIpc) is 2.84. The summed E-state index contributed by atoms with van der Waals surface area (Å²) >= 11 is 1.24. The number of aryl methyl sites for hydroxylation is 1. The van der Waals surface area contributed by atoms with Gasteiger partial charge in [-0.15, -0.1) is 0 Å². The topological polar surface area (TPSA) is 78.2 Å². The molecule has 0 fully saturated rings. The van der Waals surface area contributed by atoms with Crippen molar-refractivity contribution in [3.63, 3.8) is 0 Å². The zero-order chi connectivity index (χ0) is 14.3. The zero-order valence-corrected chi connectivity index (χ0v) is 11.9. The third-order valence-corrected chi connectivity index (χ3v) is 4.21. The van der Waals surface area contributed by atoms with E-state index in [-0.39, 0.29) is 5.56 Å². The molecular formula is C13H13N5OS. The Morgan fingerprint density at radius 1 is 1.30 bits per heavy atom. The maximum Gasteiger partial charge on any atom is 0.272 e. The van der Waals surface area contributed by atoms with Crippen LogP contribution in [0.2, 0.25) is 0 Å². The molecule has 102 valence electrons. The van der Waals surface area contributed by atoms with Crippen molar-refractivity contribution in [3.05, 3.63) is 51.3 Å². The molecule has 3 rings (SSSR count). The summed E-state index contributed by atoms with van der Waals surface area (Å²) in [5, 5.41) is 3.78. The van der Waals surface area contributed by atoms with Gasteiger partial charge in [0.1, 0.15) is 10.5 Å². The molecule has 0 unspecified atom stereocenters. The van der Waals surface area contributed by atoms with Gasteiger partial charge in [-0.1, -0.05) is 29.5 Å². The number of fused-ring (bicyclic) bond motifs is 1. The van der Waals surface area contributed by atoms with Crippen LogP contribution in [0, 0.1) is 6.92 Å². The summed E-state index contributed by atoms with van der Waals surface area (Å²) in [7, 11) is 1.70. The van der Waals surface area contributed by atoms with Gasteiger partial charge in [0.25, 0.3) is 5.56 Å². The van der Waals surface area contributed by atoms with Crippen LogP contribution >= 0.6 is 11.3 Å². The first kappa shape index (κ1) is 12.6. The Bertz CT molecular complexity index is 904. The molecule has 1 aromatic carbocycles. The third-order valence-electron chi connectivity index (χ3n) is 3.18. The summed E-state index contributed by atoms with van der Waals surface area (Å²) in [6.45, 7) is 1.80. The van der Waals surface area contributed by atoms with Gasteiger partial charge in [-0.25, -0.2) is 4.98 Å². The van der Waals surface area contributed by atoms with Crippen LogP contribution in [0.25, 0.3) is 16.0 Å². The number of hydrogen-bond donors (Lipinski definition) is 1. The van der Waals surface area contributed by atoms with E-state index < -0.39 is 0 Å². The van der Waals surface area contributed by atoms with Gasteiger partial charge in [0.05, 0.1) is 0 Å². The maximum absolute atomic E-state index is 12.3. The first-order chi connectivity index (χ1) is 9.63. The molecule has 0 saturated carbocycles. The van der Waals surface area contributed by atoms with E-state index in [0.29, 0.717) is 21.0 Å². The van der Waals surface area contributed by atoms with Crippen LogP contribution < -0.4 is 16.2 Å². The quantitative estimate of drug-likeness (QED) is 0.533. The van der Waals surface area contributed by atoms with Crippen LogP contribution in [-0.2, 0) is 7.05 Å². The summed E-state index contributed by atoms with van der Waals surface area (Å²) in [6, 6.07) is 9.61. The fraction of sp³-hybridized carbons (Fsp3) is 0.154. The second-order valence-electron chi connectivity index (χ2n) is 4.36. The van der Waals surface area contributed by atoms with E-state index in [2.05, 4.69) is 10.1 Å². The number of hydrogen-bond acceptors (Lipinski definition) is 5. The summed E-state index contributed by atoms with van der Waals surface area (Å²) in [4.78, 5) is 17.3. The van der Waals surface area contributed by atoms with Gasteiger partial charge in [0.15, 0.2) is 5.65 Å². The minimum Gasteiger partial charge on any atom is -0.320 e. The Hall–Kier alpha value is -2.41. The molecule has 0 amide bonds. The lowest BCUT2D eigenvalue weighted by Crippen LogP contribution is -2.20. The number of nitrogens with zero attached hydrogens (tertiary/aromatic N) is 4. The molecule has 2 heterocycles. The molecule has 0 bridgehead atoms. The van der Waals surface area contributed by atoms with Crippen LogP contribution in [0.15, 0.2) is 40.2 Å². The minimum atomic E-state index is -0.0860. The third kappa shape index (κ3) is 1.75. The van der Waals surface area contributed by atoms with E-state index in [1.807, 2.05) is 30.3 Å². The van der Waals surface area contributed by atoms with Crippen molar-refractivity contribution in [1.29, 1.82) is 0 Å². The number of nitrogens with two attached hydrogens (primary N) is 1. The van der Waals surface area contributed by atoms with Crippen molar-refractivity contribution in [1.82, 2.24) is 14.1 Å². The average molecular weight is 287 g/mol. The summed E-state index contributed by atoms with van der Waals surface area (Å²) in [5.41, 5.74) is 1.38. The molecule has 0 atom stereocenters. The van der Waals surface area contributed by atoms with Gasteiger partial charge in [0.2, 0.25) is 4.80 Å². The lowest BCUT2D eigenvalue weighted by atomic mass is 10.3. The lowest BCUT2D eigenvalue weighted by molar-refractivity contribution is 0.787. The molecule has 2 N–H and O–H groups in total. The SMILES string of the molecule is Cc1nc2c(s/c(=N/N)n2-c2ccccc2)c(=O)n1C. The van der Waals surface area contributed by atoms with E-state index in [9.17, 15) is 4.79 Å². The first-order valence-corrected chi connectivity index (χ1v) is 6.83. The van der Waals surface area contributed by atoms with Crippen molar-refractivity contribution >= 4 is 21.7 Å². The van der Waals surface area contributed by atoms with Crippen molar-refractivity contribution in [2.45, 2.75) is 6.92 Å². The Kier molecular flexibility index (Phi) is 2.90. The van der Waals surface area contributed by atoms with Gasteiger partial charge < -0.3 is 5.84 Å². The fourth-order valence-corrected chi connectivity index (χ4v) is 3.01. The second-order valence-corrected chi connectivity index (χ2v) is 5.34. The molecule has 0 radical (unpaired) electrons. The lowest BCUT2D eigenvalue weighted by Gasteiger charge is -2.06. The van der Waals surface area contributed by atoms with Crippen molar-refractivity contribution < 1.29 is 0 Å². The van der Waals surface area contributed by atoms with Crippen molar-refractivity contribution in [2.75, 3.05) is 0 Å². The molecule has 7 heteroatoms. The largest absolute Gasteiger partial charge is 0.320 e. The fourth-order valence-electron chi connectivity index (χ4n) is 2.04. The van der Waals surface area contributed by atoms with E-state index >= 15 is 0 Å². The van der Waals surface area contributed by atoms with Crippen LogP contribution in [0.5, 0.6) is 0 Å². The van der Waals surface area contributed by atoms with Crippen LogP contribution in [0.4, 0.5) is 0 Å². The summed E-state index contributed by atoms with van der Waals surface area (Å²) < 4.78 is 3.87. The Balaban J connectivity index is 2.52. The number of thiazole rings is 1. The Morgan fingerprint density at radius 2 is 2.00 bits per heavy atom. The smallest absolute Gasteiger partial charge is 0.272 e. The highest BCUT2D eigenvalue weighted by Gasteiger charge is 2.14. The maximum atomic E-state index is 12.3. The van der Waals surface area contributed by atoms with Crippen molar-refractivity contribution in [3.8, 4) is 5.69 Å². The highest BCUT2D eigenvalue weighted by Crippen LogP contribution is 2.16. The molecule has 0 aliphatic carbocycles. The van der Waals surface area contributed by atoms with E-state index in [4.69, 9.17) is 5.84 Å². The summed E-state index contributed by atoms with van der Waals surface area (Å²) in [6.07, 6.45) is 0. The molecular weight excluding hydrogens is 274 g/mol. The highest BCUT2D eigenvalue weighted by molar-refractivity contribution is 7.16. The number of rotatable bonds is 1. The Morgan fingerprint density at radius 3 is 2.65 bits per heavy atom. The predicted molar refractivity (Wildman–Crippen MR) is 78.7 cm³/mol. The molecule has 0 aliphatic heterocycles. The molecule has 20 heavy (non-hydrogen) atoms. The molecule has 0 saturated heterocycles. The molecule has 6 nitrogen and oxygen atoms in total. The van der Waals surface area contributed by atoms with Gasteiger partial charge >= 0.3 is 0 Å². The van der Waals surface area contributed by atoms with Gasteiger partial charge in [0, 0.05) is 12.7 Å². The molecule has 0 spiro atoms. The summed E-state index contributed by atoms with van der Waals surface area (Å²) in [5.74, 6) is 6.10. The van der Waals surface area contributed by atoms with E-state index in [0.717, 1.165) is 5.69 Å². The first-order valence-electron chi connectivity index (χ1n) is 6.02. The predicted octanol–water partition coefficient (Wildman–Crippen LogP) is 0.869. The number of benzene rings is 1. The van der Waals surface area contributed by atoms with Crippen LogP contribution in [0.3, 0.4) is 0 Å². The van der Waals surface area contributed by atoms with E-state index in [1.54, 1.807) is 18.5 Å². The second kappa shape index (κ2) is 4.61. The Labute approximate surface area is 118 Å². The number of aromatic nitrogens is 3. The standard InChI is InChI=1S/C13H13N5OS/c1-8-15-11-10(12(19)17(8)2)20-13(16-14)18(11)9-6-4-3-5-7-9/h3-7H,14H2,1-2H3/b16-13+. The highest BCUT2D eigenvalue weighted by atomic mass is 32.1. The molecule has 3 aromatic rings. The van der Waals surface area contributed by atoms with Crippen LogP contribution in [0.1, 0.15) is 5.82 Å².